The standard InChI is InChI=1S/C18H24N4OS/c1-12-9-13(2)22(20-12)10-15-5-3-4-8-21(15)18(23)16-11-24-17(19-16)14-6-7-14/h9,11,14-15H,3-8,10H2,1-2H3/t15-/m0/s1. The number of aryl methyl sites for hydroxylation is 2. The molecule has 1 amide bonds. The highest BCUT2D eigenvalue weighted by molar-refractivity contribution is 7.10. The number of aromatic nitrogens is 3. The maximum atomic E-state index is 13.0. The van der Waals surface area contributed by atoms with Crippen molar-refractivity contribution in [2.45, 2.75) is 64.5 Å². The Kier molecular flexibility index (Phi) is 4.16. The Hall–Kier alpha value is -1.69. The lowest BCUT2D eigenvalue weighted by Crippen LogP contribution is -2.46. The lowest BCUT2D eigenvalue weighted by molar-refractivity contribution is 0.0577. The second-order valence-corrected chi connectivity index (χ2v) is 7.99. The molecule has 1 saturated heterocycles. The van der Waals surface area contributed by atoms with Crippen molar-refractivity contribution in [3.05, 3.63) is 33.5 Å². The molecule has 0 aromatic carbocycles. The van der Waals surface area contributed by atoms with E-state index < -0.39 is 0 Å². The molecule has 2 fully saturated rings. The summed E-state index contributed by atoms with van der Waals surface area (Å²) in [5, 5.41) is 7.66. The molecule has 0 unspecified atom stereocenters. The van der Waals surface area contributed by atoms with Crippen LogP contribution in [-0.4, -0.2) is 38.2 Å². The fourth-order valence-corrected chi connectivity index (χ4v) is 4.53. The van der Waals surface area contributed by atoms with Gasteiger partial charge in [-0.15, -0.1) is 11.3 Å². The highest BCUT2D eigenvalue weighted by Gasteiger charge is 2.32. The molecule has 0 radical (unpaired) electrons. The van der Waals surface area contributed by atoms with Gasteiger partial charge in [0.25, 0.3) is 5.91 Å². The van der Waals surface area contributed by atoms with E-state index in [0.29, 0.717) is 11.6 Å². The number of nitrogens with zero attached hydrogens (tertiary/aromatic N) is 4. The van der Waals surface area contributed by atoms with Crippen LogP contribution < -0.4 is 0 Å². The van der Waals surface area contributed by atoms with Gasteiger partial charge >= 0.3 is 0 Å². The molecule has 1 saturated carbocycles. The normalized spacial score (nSPS) is 21.2. The van der Waals surface area contributed by atoms with Crippen LogP contribution in [0.2, 0.25) is 0 Å². The SMILES string of the molecule is Cc1cc(C)n(C[C@@H]2CCCCN2C(=O)c2csc(C3CC3)n2)n1. The summed E-state index contributed by atoms with van der Waals surface area (Å²) in [6, 6.07) is 2.31. The fourth-order valence-electron chi connectivity index (χ4n) is 3.57. The average molecular weight is 344 g/mol. The summed E-state index contributed by atoms with van der Waals surface area (Å²) in [5.41, 5.74) is 2.84. The van der Waals surface area contributed by atoms with Crippen LogP contribution in [0.4, 0.5) is 0 Å². The van der Waals surface area contributed by atoms with Gasteiger partial charge in [0.1, 0.15) is 5.69 Å². The molecule has 24 heavy (non-hydrogen) atoms. The van der Waals surface area contributed by atoms with E-state index in [2.05, 4.69) is 23.1 Å². The van der Waals surface area contributed by atoms with Gasteiger partial charge in [-0.1, -0.05) is 0 Å². The van der Waals surface area contributed by atoms with Crippen LogP contribution in [0.1, 0.15) is 64.9 Å². The first-order chi connectivity index (χ1) is 11.6. The average Bonchev–Trinajstić information content (AvgIpc) is 3.22. The molecule has 2 aliphatic rings. The number of likely N-dealkylation sites (tertiary alicyclic amines) is 1. The maximum Gasteiger partial charge on any atom is 0.273 e. The quantitative estimate of drug-likeness (QED) is 0.852. The van der Waals surface area contributed by atoms with E-state index in [9.17, 15) is 4.79 Å². The van der Waals surface area contributed by atoms with E-state index in [1.807, 2.05) is 21.9 Å². The summed E-state index contributed by atoms with van der Waals surface area (Å²) in [5.74, 6) is 0.716. The predicted octanol–water partition coefficient (Wildman–Crippen LogP) is 3.53. The van der Waals surface area contributed by atoms with Crippen molar-refractivity contribution < 1.29 is 4.79 Å². The summed E-state index contributed by atoms with van der Waals surface area (Å²) in [7, 11) is 0. The van der Waals surface area contributed by atoms with Crippen molar-refractivity contribution >= 4 is 17.2 Å². The van der Waals surface area contributed by atoms with Crippen molar-refractivity contribution in [1.29, 1.82) is 0 Å². The van der Waals surface area contributed by atoms with Crippen molar-refractivity contribution in [3.63, 3.8) is 0 Å². The third-order valence-corrected chi connectivity index (χ3v) is 6.05. The Morgan fingerprint density at radius 3 is 2.83 bits per heavy atom. The van der Waals surface area contributed by atoms with Crippen molar-refractivity contribution in [3.8, 4) is 0 Å². The van der Waals surface area contributed by atoms with Gasteiger partial charge in [0.05, 0.1) is 23.3 Å². The summed E-state index contributed by atoms with van der Waals surface area (Å²) in [6.45, 7) is 5.71. The van der Waals surface area contributed by atoms with Crippen LogP contribution in [0.5, 0.6) is 0 Å². The van der Waals surface area contributed by atoms with Crippen LogP contribution >= 0.6 is 11.3 Å². The first-order valence-electron chi connectivity index (χ1n) is 8.89. The van der Waals surface area contributed by atoms with Gasteiger partial charge in [-0.05, 0) is 52.0 Å². The minimum absolute atomic E-state index is 0.101. The van der Waals surface area contributed by atoms with Gasteiger partial charge in [-0.2, -0.15) is 5.10 Å². The number of hydrogen-bond acceptors (Lipinski definition) is 4. The molecule has 5 nitrogen and oxygen atoms in total. The maximum absolute atomic E-state index is 13.0. The van der Waals surface area contributed by atoms with Crippen molar-refractivity contribution in [2.75, 3.05) is 6.54 Å². The van der Waals surface area contributed by atoms with E-state index in [0.717, 1.165) is 42.3 Å². The zero-order chi connectivity index (χ0) is 16.7. The zero-order valence-electron chi connectivity index (χ0n) is 14.4. The summed E-state index contributed by atoms with van der Waals surface area (Å²) in [6.07, 6.45) is 5.76. The van der Waals surface area contributed by atoms with E-state index in [4.69, 9.17) is 0 Å². The van der Waals surface area contributed by atoms with Gasteiger partial charge in [-0.25, -0.2) is 4.98 Å². The molecule has 3 heterocycles. The molecule has 0 N–H and O–H groups in total. The van der Waals surface area contributed by atoms with Gasteiger partial charge in [0, 0.05) is 23.5 Å². The molecule has 1 aliphatic heterocycles. The van der Waals surface area contributed by atoms with E-state index in [-0.39, 0.29) is 11.9 Å². The summed E-state index contributed by atoms with van der Waals surface area (Å²) < 4.78 is 2.04. The molecular weight excluding hydrogens is 320 g/mol. The van der Waals surface area contributed by atoms with Crippen LogP contribution in [0.25, 0.3) is 0 Å². The molecule has 2 aromatic heterocycles. The Labute approximate surface area is 146 Å². The second-order valence-electron chi connectivity index (χ2n) is 7.10. The highest BCUT2D eigenvalue weighted by Crippen LogP contribution is 2.41. The molecular formula is C18H24N4OS. The minimum atomic E-state index is 0.101. The number of carbonyl (C=O) groups is 1. The summed E-state index contributed by atoms with van der Waals surface area (Å²) >= 11 is 1.65. The number of carbonyl (C=O) groups excluding carboxylic acids is 1. The third-order valence-electron chi connectivity index (χ3n) is 5.04. The van der Waals surface area contributed by atoms with Gasteiger partial charge in [-0.3, -0.25) is 9.48 Å². The molecule has 4 rings (SSSR count). The monoisotopic (exact) mass is 344 g/mol. The number of hydrogen-bond donors (Lipinski definition) is 0. The number of thiazole rings is 1. The van der Waals surface area contributed by atoms with Gasteiger partial charge in [0.2, 0.25) is 0 Å². The lowest BCUT2D eigenvalue weighted by Gasteiger charge is -2.35. The number of amides is 1. The number of piperidine rings is 1. The van der Waals surface area contributed by atoms with E-state index >= 15 is 0 Å². The lowest BCUT2D eigenvalue weighted by atomic mass is 10.0. The van der Waals surface area contributed by atoms with E-state index in [1.54, 1.807) is 11.3 Å². The van der Waals surface area contributed by atoms with Gasteiger partial charge in [0.15, 0.2) is 0 Å². The van der Waals surface area contributed by atoms with Crippen molar-refractivity contribution in [1.82, 2.24) is 19.7 Å². The largest absolute Gasteiger partial charge is 0.332 e. The fraction of sp³-hybridized carbons (Fsp3) is 0.611. The Morgan fingerprint density at radius 2 is 2.12 bits per heavy atom. The summed E-state index contributed by atoms with van der Waals surface area (Å²) in [4.78, 5) is 19.6. The van der Waals surface area contributed by atoms with Crippen LogP contribution in [-0.2, 0) is 6.54 Å². The Bertz CT molecular complexity index is 746. The molecule has 1 atom stereocenters. The van der Waals surface area contributed by atoms with E-state index in [1.165, 1.54) is 19.3 Å². The molecule has 2 aromatic rings. The topological polar surface area (TPSA) is 51.0 Å². The van der Waals surface area contributed by atoms with Gasteiger partial charge < -0.3 is 4.90 Å². The molecule has 6 heteroatoms. The third kappa shape index (κ3) is 3.11. The molecule has 128 valence electrons. The Morgan fingerprint density at radius 1 is 1.29 bits per heavy atom. The van der Waals surface area contributed by atoms with Crippen LogP contribution in [0.15, 0.2) is 11.4 Å². The Balaban J connectivity index is 1.52. The van der Waals surface area contributed by atoms with Crippen LogP contribution in [0, 0.1) is 13.8 Å². The first kappa shape index (κ1) is 15.8. The first-order valence-corrected chi connectivity index (χ1v) is 9.77. The smallest absolute Gasteiger partial charge is 0.273 e. The predicted molar refractivity (Wildman–Crippen MR) is 94.5 cm³/mol. The number of rotatable bonds is 4. The molecule has 0 bridgehead atoms. The zero-order valence-corrected chi connectivity index (χ0v) is 15.2. The van der Waals surface area contributed by atoms with Crippen LogP contribution in [0.3, 0.4) is 0 Å². The second kappa shape index (κ2) is 6.31. The highest BCUT2D eigenvalue weighted by atomic mass is 32.1. The van der Waals surface area contributed by atoms with Crippen molar-refractivity contribution in [2.24, 2.45) is 0 Å². The minimum Gasteiger partial charge on any atom is -0.332 e. The molecule has 1 aliphatic carbocycles. The molecule has 0 spiro atoms.